The number of sulfone groups is 1. The van der Waals surface area contributed by atoms with Gasteiger partial charge < -0.3 is 18.9 Å². The van der Waals surface area contributed by atoms with Crippen LogP contribution < -0.4 is 9.47 Å². The minimum absolute atomic E-state index is 0.00571. The fourth-order valence-corrected chi connectivity index (χ4v) is 8.20. The van der Waals surface area contributed by atoms with Crippen LogP contribution in [-0.4, -0.2) is 58.7 Å². The number of alkyl halides is 2. The molecule has 2 rings (SSSR count). The first kappa shape index (κ1) is 30.0. The van der Waals surface area contributed by atoms with Gasteiger partial charge in [0.15, 0.2) is 0 Å². The maximum Gasteiger partial charge on any atom is 0.206 e. The number of methoxy groups -OCH3 is 2. The Hall–Kier alpha value is 0.790. The fraction of sp³-hybridized carbons (Fsp3) is 0.400. The summed E-state index contributed by atoms with van der Waals surface area (Å²) in [5.41, 5.74) is 0. The van der Waals surface area contributed by atoms with Crippen LogP contribution in [0, 0.1) is 0 Å². The van der Waals surface area contributed by atoms with E-state index in [1.54, 1.807) is 14.2 Å². The van der Waals surface area contributed by atoms with E-state index in [1.165, 1.54) is 24.3 Å². The smallest absolute Gasteiger partial charge is 0.206 e. The normalized spacial score (nSPS) is 13.6. The highest BCUT2D eigenvalue weighted by Gasteiger charge is 2.24. The summed E-state index contributed by atoms with van der Waals surface area (Å²) >= 11 is 20.5. The zero-order valence-corrected chi connectivity index (χ0v) is 27.8. The Morgan fingerprint density at radius 3 is 1.58 bits per heavy atom. The lowest BCUT2D eigenvalue weighted by Crippen LogP contribution is -2.21. The van der Waals surface area contributed by atoms with Crippen molar-refractivity contribution < 1.29 is 27.4 Å². The van der Waals surface area contributed by atoms with Crippen LogP contribution in [0.25, 0.3) is 0 Å². The molecule has 0 N–H and O–H groups in total. The van der Waals surface area contributed by atoms with E-state index in [-0.39, 0.29) is 20.7 Å². The van der Waals surface area contributed by atoms with E-state index in [0.29, 0.717) is 54.5 Å². The lowest BCUT2D eigenvalue weighted by Gasteiger charge is -2.17. The summed E-state index contributed by atoms with van der Waals surface area (Å²) in [6, 6.07) is 6.05. The molecule has 0 heterocycles. The Balaban J connectivity index is 2.32. The zero-order chi connectivity index (χ0) is 24.8. The van der Waals surface area contributed by atoms with Gasteiger partial charge in [-0.05, 0) is 88.0 Å². The molecule has 0 aliphatic heterocycles. The number of halogens is 6. The quantitative estimate of drug-likeness (QED) is 0.212. The second kappa shape index (κ2) is 13.9. The van der Waals surface area contributed by atoms with Crippen LogP contribution >= 0.6 is 95.6 Å². The minimum Gasteiger partial charge on any atom is -0.490 e. The third kappa shape index (κ3) is 8.14. The van der Waals surface area contributed by atoms with Gasteiger partial charge in [0, 0.05) is 19.5 Å². The van der Waals surface area contributed by atoms with Gasteiger partial charge in [-0.25, -0.2) is 8.42 Å². The van der Waals surface area contributed by atoms with E-state index in [2.05, 4.69) is 95.6 Å². The van der Waals surface area contributed by atoms with E-state index in [9.17, 15) is 8.42 Å². The molecule has 0 saturated carbocycles. The van der Waals surface area contributed by atoms with Crippen molar-refractivity contribution in [2.75, 3.05) is 39.4 Å². The van der Waals surface area contributed by atoms with Gasteiger partial charge in [0.1, 0.15) is 30.8 Å². The predicted octanol–water partition coefficient (Wildman–Crippen LogP) is 7.15. The summed E-state index contributed by atoms with van der Waals surface area (Å²) in [5, 5.41) is 0.608. The van der Waals surface area contributed by atoms with Gasteiger partial charge in [0.2, 0.25) is 9.84 Å². The highest BCUT2D eigenvalue weighted by atomic mass is 79.9. The summed E-state index contributed by atoms with van der Waals surface area (Å²) < 4.78 is 50.7. The molecule has 0 aromatic heterocycles. The summed E-state index contributed by atoms with van der Waals surface area (Å²) in [7, 11) is -0.633. The molecule has 2 atom stereocenters. The van der Waals surface area contributed by atoms with Crippen molar-refractivity contribution in [2.45, 2.75) is 20.7 Å². The molecule has 0 aliphatic rings. The van der Waals surface area contributed by atoms with Crippen LogP contribution in [0.5, 0.6) is 11.5 Å². The molecule has 0 amide bonds. The van der Waals surface area contributed by atoms with Gasteiger partial charge in [0.25, 0.3) is 0 Å². The van der Waals surface area contributed by atoms with Crippen LogP contribution in [0.2, 0.25) is 0 Å². The molecule has 33 heavy (non-hydrogen) atoms. The number of rotatable bonds is 12. The van der Waals surface area contributed by atoms with Crippen LogP contribution in [0.1, 0.15) is 0 Å². The Kier molecular flexibility index (Phi) is 12.7. The van der Waals surface area contributed by atoms with E-state index >= 15 is 0 Å². The summed E-state index contributed by atoms with van der Waals surface area (Å²) in [6.07, 6.45) is -0.142. The van der Waals surface area contributed by atoms with Crippen molar-refractivity contribution in [2.24, 2.45) is 0 Å². The molecular weight excluding hydrogens is 848 g/mol. The van der Waals surface area contributed by atoms with Crippen molar-refractivity contribution in [3.63, 3.8) is 0 Å². The Morgan fingerprint density at radius 1 is 0.788 bits per heavy atom. The monoisotopic (exact) mass is 862 g/mol. The standard InChI is InChI=1S/C20H20Br6O6S/c1-29-8-11(22)9-31-19-15(23)3-13(4-16(19)24)33(27,28)14-5-17(25)20(18(26)6-14)32-10-12(7-21)30-2/h3-6,11-12H,7-10H2,1-2H3. The van der Waals surface area contributed by atoms with Gasteiger partial charge in [-0.15, -0.1) is 0 Å². The molecule has 6 nitrogen and oxygen atoms in total. The van der Waals surface area contributed by atoms with E-state index in [4.69, 9.17) is 18.9 Å². The van der Waals surface area contributed by atoms with Crippen LogP contribution in [0.3, 0.4) is 0 Å². The molecular formula is C20H20Br6O6S. The first-order valence-electron chi connectivity index (χ1n) is 9.25. The highest BCUT2D eigenvalue weighted by molar-refractivity contribution is 9.11. The lowest BCUT2D eigenvalue weighted by atomic mass is 10.3. The topological polar surface area (TPSA) is 71.1 Å². The molecule has 0 spiro atoms. The largest absolute Gasteiger partial charge is 0.490 e. The number of benzene rings is 2. The third-order valence-corrected chi connectivity index (χ3v) is 9.56. The van der Waals surface area contributed by atoms with Crippen LogP contribution in [-0.2, 0) is 19.3 Å². The van der Waals surface area contributed by atoms with Gasteiger partial charge in [0.05, 0.1) is 39.1 Å². The SMILES string of the molecule is COCC(Br)COc1c(Br)cc(S(=O)(=O)c2cc(Br)c(OCC(CBr)OC)c(Br)c2)cc1Br. The van der Waals surface area contributed by atoms with Crippen LogP contribution in [0.4, 0.5) is 0 Å². The van der Waals surface area contributed by atoms with Gasteiger partial charge in [-0.3, -0.25) is 0 Å². The zero-order valence-electron chi connectivity index (χ0n) is 17.4. The summed E-state index contributed by atoms with van der Waals surface area (Å²) in [6.45, 7) is 1.12. The second-order valence-electron chi connectivity index (χ2n) is 6.62. The van der Waals surface area contributed by atoms with Crippen molar-refractivity contribution >= 4 is 105 Å². The van der Waals surface area contributed by atoms with Gasteiger partial charge >= 0.3 is 0 Å². The maximum atomic E-state index is 13.4. The van der Waals surface area contributed by atoms with Gasteiger partial charge in [-0.2, -0.15) is 0 Å². The van der Waals surface area contributed by atoms with E-state index < -0.39 is 9.84 Å². The lowest BCUT2D eigenvalue weighted by molar-refractivity contribution is 0.0752. The average Bonchev–Trinajstić information content (AvgIpc) is 2.75. The first-order chi connectivity index (χ1) is 15.5. The Bertz CT molecular complexity index is 1010. The van der Waals surface area contributed by atoms with Gasteiger partial charge in [-0.1, -0.05) is 31.9 Å². The van der Waals surface area contributed by atoms with E-state index in [0.717, 1.165) is 0 Å². The second-order valence-corrected chi connectivity index (χ2v) is 13.9. The van der Waals surface area contributed by atoms with E-state index in [1.807, 2.05) is 0 Å². The highest BCUT2D eigenvalue weighted by Crippen LogP contribution is 2.41. The molecule has 0 fully saturated rings. The maximum absolute atomic E-state index is 13.4. The van der Waals surface area contributed by atoms with Crippen molar-refractivity contribution in [1.82, 2.24) is 0 Å². The molecule has 13 heteroatoms. The third-order valence-electron chi connectivity index (χ3n) is 4.24. The number of hydrogen-bond donors (Lipinski definition) is 0. The Labute approximate surface area is 244 Å². The van der Waals surface area contributed by atoms with Crippen molar-refractivity contribution in [1.29, 1.82) is 0 Å². The Morgan fingerprint density at radius 2 is 1.21 bits per heavy atom. The molecule has 0 saturated heterocycles. The average molecular weight is 868 g/mol. The number of hydrogen-bond acceptors (Lipinski definition) is 6. The molecule has 0 bridgehead atoms. The first-order valence-corrected chi connectivity index (χ1v) is 15.9. The molecule has 2 unspecified atom stereocenters. The molecule has 0 aliphatic carbocycles. The van der Waals surface area contributed by atoms with Crippen molar-refractivity contribution in [3.8, 4) is 11.5 Å². The molecule has 184 valence electrons. The predicted molar refractivity (Wildman–Crippen MR) is 149 cm³/mol. The fourth-order valence-electron chi connectivity index (χ4n) is 2.55. The summed E-state index contributed by atoms with van der Waals surface area (Å²) in [5.74, 6) is 0.989. The molecule has 0 radical (unpaired) electrons. The molecule has 2 aromatic rings. The number of ether oxygens (including phenoxy) is 4. The summed E-state index contributed by atoms with van der Waals surface area (Å²) in [4.78, 5) is 0.200. The molecule has 2 aromatic carbocycles. The van der Waals surface area contributed by atoms with Crippen LogP contribution in [0.15, 0.2) is 51.9 Å². The minimum atomic E-state index is -3.84. The van der Waals surface area contributed by atoms with Crippen molar-refractivity contribution in [3.05, 3.63) is 42.2 Å².